The number of carbonyl (C=O) groups is 2. The molecular weight excluding hydrogens is 360 g/mol. The summed E-state index contributed by atoms with van der Waals surface area (Å²) in [6.45, 7) is 5.00. The van der Waals surface area contributed by atoms with Gasteiger partial charge in [-0.1, -0.05) is 13.0 Å². The summed E-state index contributed by atoms with van der Waals surface area (Å²) >= 11 is 1.74. The molecule has 0 aliphatic carbocycles. The highest BCUT2D eigenvalue weighted by Gasteiger charge is 2.25. The fourth-order valence-corrected chi connectivity index (χ4v) is 4.26. The topological polar surface area (TPSA) is 58.6 Å². The van der Waals surface area contributed by atoms with Gasteiger partial charge in [-0.05, 0) is 67.6 Å². The molecule has 1 aromatic carbocycles. The molecule has 2 aromatic rings. The highest BCUT2D eigenvalue weighted by Crippen LogP contribution is 2.29. The molecule has 1 atom stereocenters. The average Bonchev–Trinajstić information content (AvgIpc) is 3.23. The van der Waals surface area contributed by atoms with E-state index >= 15 is 0 Å². The number of likely N-dealkylation sites (tertiary alicyclic amines) is 1. The number of hydrogen-bond donors (Lipinski definition) is 1. The fraction of sp³-hybridized carbons (Fsp3) is 0.429. The van der Waals surface area contributed by atoms with E-state index in [2.05, 4.69) is 39.4 Å². The largest absolute Gasteiger partial charge is 0.465 e. The number of methoxy groups -OCH3 is 1. The number of rotatable bonds is 6. The number of piperidine rings is 1. The normalized spacial score (nSPS) is 16.7. The van der Waals surface area contributed by atoms with Gasteiger partial charge in [0.15, 0.2) is 0 Å². The van der Waals surface area contributed by atoms with Crippen LogP contribution in [-0.2, 0) is 4.74 Å². The van der Waals surface area contributed by atoms with Crippen molar-refractivity contribution in [3.8, 4) is 0 Å². The second-order valence-electron chi connectivity index (χ2n) is 7.03. The van der Waals surface area contributed by atoms with Crippen LogP contribution in [0.5, 0.6) is 0 Å². The van der Waals surface area contributed by atoms with Crippen LogP contribution in [0.15, 0.2) is 41.8 Å². The predicted octanol–water partition coefficient (Wildman–Crippen LogP) is 3.74. The van der Waals surface area contributed by atoms with E-state index in [9.17, 15) is 9.59 Å². The summed E-state index contributed by atoms with van der Waals surface area (Å²) in [5, 5.41) is 5.15. The Balaban J connectivity index is 1.64. The van der Waals surface area contributed by atoms with Crippen LogP contribution in [0.4, 0.5) is 0 Å². The molecule has 0 radical (unpaired) electrons. The van der Waals surface area contributed by atoms with Gasteiger partial charge in [-0.25, -0.2) is 4.79 Å². The van der Waals surface area contributed by atoms with Crippen LogP contribution < -0.4 is 5.32 Å². The van der Waals surface area contributed by atoms with Crippen molar-refractivity contribution in [3.05, 3.63) is 57.8 Å². The molecule has 1 amide bonds. The standard InChI is InChI=1S/C21H26N2O3S/c1-15-9-11-23(12-10-15)18(19-4-3-13-27-19)14-22-20(24)16-5-7-17(8-6-16)21(25)26-2/h3-8,13,15,18H,9-12,14H2,1-2H3,(H,22,24)/t18-/m0/s1. The maximum absolute atomic E-state index is 12.6. The molecule has 6 heteroatoms. The molecule has 1 aliphatic rings. The number of benzene rings is 1. The fourth-order valence-electron chi connectivity index (χ4n) is 3.40. The van der Waals surface area contributed by atoms with Crippen LogP contribution in [0.3, 0.4) is 0 Å². The maximum Gasteiger partial charge on any atom is 0.337 e. The van der Waals surface area contributed by atoms with Crippen LogP contribution in [0, 0.1) is 5.92 Å². The number of esters is 1. The number of nitrogens with one attached hydrogen (secondary N) is 1. The van der Waals surface area contributed by atoms with Crippen molar-refractivity contribution in [1.82, 2.24) is 10.2 Å². The molecule has 2 heterocycles. The highest BCUT2D eigenvalue weighted by molar-refractivity contribution is 7.10. The molecule has 0 spiro atoms. The Hall–Kier alpha value is -2.18. The van der Waals surface area contributed by atoms with Gasteiger partial charge in [-0.2, -0.15) is 0 Å². The van der Waals surface area contributed by atoms with Gasteiger partial charge in [-0.3, -0.25) is 9.69 Å². The van der Waals surface area contributed by atoms with Crippen molar-refractivity contribution < 1.29 is 14.3 Å². The summed E-state index contributed by atoms with van der Waals surface area (Å²) in [6.07, 6.45) is 2.40. The van der Waals surface area contributed by atoms with Crippen molar-refractivity contribution in [2.75, 3.05) is 26.7 Å². The van der Waals surface area contributed by atoms with E-state index < -0.39 is 5.97 Å². The summed E-state index contributed by atoms with van der Waals surface area (Å²) < 4.78 is 4.69. The third kappa shape index (κ3) is 4.96. The van der Waals surface area contributed by atoms with Crippen molar-refractivity contribution in [3.63, 3.8) is 0 Å². The van der Waals surface area contributed by atoms with Gasteiger partial charge < -0.3 is 10.1 Å². The number of hydrogen-bond acceptors (Lipinski definition) is 5. The van der Waals surface area contributed by atoms with E-state index in [1.807, 2.05) is 0 Å². The zero-order chi connectivity index (χ0) is 19.2. The molecule has 0 saturated carbocycles. The highest BCUT2D eigenvalue weighted by atomic mass is 32.1. The molecule has 1 N–H and O–H groups in total. The van der Waals surface area contributed by atoms with Gasteiger partial charge in [0.25, 0.3) is 5.91 Å². The molecule has 1 aromatic heterocycles. The molecular formula is C21H26N2O3S. The van der Waals surface area contributed by atoms with Crippen molar-refractivity contribution in [2.45, 2.75) is 25.8 Å². The van der Waals surface area contributed by atoms with Crippen LogP contribution >= 0.6 is 11.3 Å². The SMILES string of the molecule is COC(=O)c1ccc(C(=O)NC[C@@H](c2cccs2)N2CCC(C)CC2)cc1. The van der Waals surface area contributed by atoms with Gasteiger partial charge in [0.1, 0.15) is 0 Å². The molecule has 27 heavy (non-hydrogen) atoms. The molecule has 0 bridgehead atoms. The second kappa shape index (κ2) is 9.15. The first-order valence-corrected chi connectivity index (χ1v) is 10.2. The van der Waals surface area contributed by atoms with E-state index in [1.54, 1.807) is 35.6 Å². The minimum atomic E-state index is -0.404. The first-order valence-electron chi connectivity index (χ1n) is 9.32. The Morgan fingerprint density at radius 3 is 2.44 bits per heavy atom. The van der Waals surface area contributed by atoms with Crippen LogP contribution in [0.2, 0.25) is 0 Å². The number of ether oxygens (including phenoxy) is 1. The van der Waals surface area contributed by atoms with E-state index in [0.29, 0.717) is 17.7 Å². The maximum atomic E-state index is 12.6. The average molecular weight is 387 g/mol. The molecule has 144 valence electrons. The Morgan fingerprint density at radius 1 is 1.19 bits per heavy atom. The van der Waals surface area contributed by atoms with Crippen LogP contribution in [-0.4, -0.2) is 43.5 Å². The summed E-state index contributed by atoms with van der Waals surface area (Å²) in [4.78, 5) is 27.8. The second-order valence-corrected chi connectivity index (χ2v) is 8.01. The van der Waals surface area contributed by atoms with Crippen molar-refractivity contribution >= 4 is 23.2 Å². The van der Waals surface area contributed by atoms with Crippen LogP contribution in [0.25, 0.3) is 0 Å². The Bertz CT molecular complexity index is 750. The Morgan fingerprint density at radius 2 is 1.85 bits per heavy atom. The Kier molecular flexibility index (Phi) is 6.63. The first-order chi connectivity index (χ1) is 13.1. The lowest BCUT2D eigenvalue weighted by molar-refractivity contribution is 0.0600. The lowest BCUT2D eigenvalue weighted by atomic mass is 9.97. The number of carbonyl (C=O) groups excluding carboxylic acids is 2. The summed E-state index contributed by atoms with van der Waals surface area (Å²) in [7, 11) is 1.34. The lowest BCUT2D eigenvalue weighted by Gasteiger charge is -2.36. The Labute approximate surface area is 164 Å². The van der Waals surface area contributed by atoms with Crippen LogP contribution in [0.1, 0.15) is 51.4 Å². The molecule has 5 nitrogen and oxygen atoms in total. The van der Waals surface area contributed by atoms with Crippen molar-refractivity contribution in [2.24, 2.45) is 5.92 Å². The third-order valence-electron chi connectivity index (χ3n) is 5.15. The number of nitrogens with zero attached hydrogens (tertiary/aromatic N) is 1. The van der Waals surface area contributed by atoms with Crippen molar-refractivity contribution in [1.29, 1.82) is 0 Å². The third-order valence-corrected chi connectivity index (χ3v) is 6.13. The molecule has 0 unspecified atom stereocenters. The van der Waals surface area contributed by atoms with E-state index in [-0.39, 0.29) is 11.9 Å². The summed E-state index contributed by atoms with van der Waals surface area (Å²) in [5.74, 6) is 0.241. The minimum absolute atomic E-state index is 0.127. The van der Waals surface area contributed by atoms with E-state index in [0.717, 1.165) is 19.0 Å². The molecule has 1 aliphatic heterocycles. The predicted molar refractivity (Wildman–Crippen MR) is 107 cm³/mol. The smallest absolute Gasteiger partial charge is 0.337 e. The van der Waals surface area contributed by atoms with E-state index in [4.69, 9.17) is 0 Å². The minimum Gasteiger partial charge on any atom is -0.465 e. The summed E-state index contributed by atoms with van der Waals surface area (Å²) in [5.41, 5.74) is 0.979. The van der Waals surface area contributed by atoms with Gasteiger partial charge in [0, 0.05) is 17.0 Å². The molecule has 1 fully saturated rings. The quantitative estimate of drug-likeness (QED) is 0.769. The number of amides is 1. The lowest BCUT2D eigenvalue weighted by Crippen LogP contribution is -2.41. The summed E-state index contributed by atoms with van der Waals surface area (Å²) in [6, 6.07) is 11.0. The number of thiophene rings is 1. The monoisotopic (exact) mass is 386 g/mol. The molecule has 1 saturated heterocycles. The van der Waals surface area contributed by atoms with E-state index in [1.165, 1.54) is 24.8 Å². The van der Waals surface area contributed by atoms with Gasteiger partial charge in [0.05, 0.1) is 18.7 Å². The molecule has 3 rings (SSSR count). The zero-order valence-corrected chi connectivity index (χ0v) is 16.6. The van der Waals surface area contributed by atoms with Gasteiger partial charge >= 0.3 is 5.97 Å². The van der Waals surface area contributed by atoms with Gasteiger partial charge in [-0.15, -0.1) is 11.3 Å². The first kappa shape index (κ1) is 19.6. The zero-order valence-electron chi connectivity index (χ0n) is 15.8. The van der Waals surface area contributed by atoms with Gasteiger partial charge in [0.2, 0.25) is 0 Å².